The molecule has 31 heavy (non-hydrogen) atoms. The molecule has 0 amide bonds. The molecule has 2 atom stereocenters. The number of hydrogen-bond acceptors (Lipinski definition) is 4. The molecule has 1 N–H and O–H groups in total. The van der Waals surface area contributed by atoms with Gasteiger partial charge in [-0.25, -0.2) is 0 Å². The first-order valence-corrected chi connectivity index (χ1v) is 12.2. The minimum absolute atomic E-state index is 0.0654. The highest BCUT2D eigenvalue weighted by Crippen LogP contribution is 2.41. The van der Waals surface area contributed by atoms with Crippen LogP contribution in [0.5, 0.6) is 0 Å². The second-order valence-electron chi connectivity index (χ2n) is 8.91. The normalized spacial score (nSPS) is 25.7. The average Bonchev–Trinajstić information content (AvgIpc) is 3.44. The number of rotatable bonds is 6. The van der Waals surface area contributed by atoms with Gasteiger partial charge in [-0.1, -0.05) is 25.3 Å². The maximum Gasteiger partial charge on any atom is 0.170 e. The highest BCUT2D eigenvalue weighted by molar-refractivity contribution is 7.80. The van der Waals surface area contributed by atoms with Crippen LogP contribution in [0.4, 0.5) is 0 Å². The maximum absolute atomic E-state index is 5.87. The summed E-state index contributed by atoms with van der Waals surface area (Å²) >= 11 is 5.87. The van der Waals surface area contributed by atoms with E-state index in [4.69, 9.17) is 21.9 Å². The fourth-order valence-electron chi connectivity index (χ4n) is 5.39. The molecule has 0 aromatic carbocycles. The Morgan fingerprint density at radius 1 is 1.03 bits per heavy atom. The Balaban J connectivity index is 1.44. The van der Waals surface area contributed by atoms with Crippen molar-refractivity contribution in [3.63, 3.8) is 0 Å². The van der Waals surface area contributed by atoms with Gasteiger partial charge in [-0.05, 0) is 49.3 Å². The maximum atomic E-state index is 5.87. The van der Waals surface area contributed by atoms with Crippen LogP contribution in [-0.2, 0) is 4.74 Å². The van der Waals surface area contributed by atoms with Crippen molar-refractivity contribution in [3.8, 4) is 0 Å². The van der Waals surface area contributed by atoms with Gasteiger partial charge in [-0.2, -0.15) is 0 Å². The van der Waals surface area contributed by atoms with Crippen LogP contribution in [0, 0.1) is 0 Å². The molecule has 5 rings (SSSR count). The predicted octanol–water partition coefficient (Wildman–Crippen LogP) is 3.69. The average molecular weight is 440 g/mol. The number of nitrogens with one attached hydrogen (secondary N) is 1. The largest absolute Gasteiger partial charge is 0.379 e. The first-order valence-electron chi connectivity index (χ1n) is 11.8. The standard InChI is InChI=1S/C24H33N5OS/c31-24-26-22(20-9-4-5-11-25-20)23(29(24)14-13-27-15-17-30-18-16-27)21-10-6-12-28(21)19-7-2-1-3-8-19/h4-6,9-12,19,22-23H,1-3,7-8,13-18H2,(H,26,31)/t22-,23+/m1/s1. The van der Waals surface area contributed by atoms with E-state index in [9.17, 15) is 0 Å². The van der Waals surface area contributed by atoms with Crippen molar-refractivity contribution in [2.75, 3.05) is 39.4 Å². The molecule has 7 heteroatoms. The second kappa shape index (κ2) is 9.67. The number of nitrogens with zero attached hydrogens (tertiary/aromatic N) is 4. The van der Waals surface area contributed by atoms with Gasteiger partial charge in [0, 0.05) is 50.3 Å². The molecule has 0 radical (unpaired) electrons. The number of hydrogen-bond donors (Lipinski definition) is 1. The smallest absolute Gasteiger partial charge is 0.170 e. The van der Waals surface area contributed by atoms with Gasteiger partial charge in [0.15, 0.2) is 5.11 Å². The van der Waals surface area contributed by atoms with Gasteiger partial charge in [-0.15, -0.1) is 0 Å². The molecule has 4 heterocycles. The van der Waals surface area contributed by atoms with Crippen LogP contribution in [0.25, 0.3) is 0 Å². The van der Waals surface area contributed by atoms with Crippen molar-refractivity contribution in [2.45, 2.75) is 50.2 Å². The number of pyridine rings is 1. The summed E-state index contributed by atoms with van der Waals surface area (Å²) in [5, 5.41) is 4.45. The van der Waals surface area contributed by atoms with Crippen LogP contribution >= 0.6 is 12.2 Å². The van der Waals surface area contributed by atoms with Crippen molar-refractivity contribution in [2.24, 2.45) is 0 Å². The summed E-state index contributed by atoms with van der Waals surface area (Å²) in [4.78, 5) is 9.58. The lowest BCUT2D eigenvalue weighted by Gasteiger charge is -2.34. The zero-order valence-electron chi connectivity index (χ0n) is 18.2. The monoisotopic (exact) mass is 439 g/mol. The zero-order valence-corrected chi connectivity index (χ0v) is 19.0. The van der Waals surface area contributed by atoms with E-state index in [-0.39, 0.29) is 12.1 Å². The fraction of sp³-hybridized carbons (Fsp3) is 0.583. The van der Waals surface area contributed by atoms with Crippen LogP contribution in [-0.4, -0.2) is 63.9 Å². The van der Waals surface area contributed by atoms with E-state index in [1.807, 2.05) is 12.3 Å². The summed E-state index contributed by atoms with van der Waals surface area (Å²) in [6.45, 7) is 5.57. The molecule has 2 aliphatic heterocycles. The highest BCUT2D eigenvalue weighted by Gasteiger charge is 2.41. The molecular weight excluding hydrogens is 406 g/mol. The molecule has 2 aromatic heterocycles. The minimum Gasteiger partial charge on any atom is -0.379 e. The first-order chi connectivity index (χ1) is 15.3. The summed E-state index contributed by atoms with van der Waals surface area (Å²) in [5.74, 6) is 0. The van der Waals surface area contributed by atoms with Crippen LogP contribution < -0.4 is 5.32 Å². The van der Waals surface area contributed by atoms with Gasteiger partial charge in [0.25, 0.3) is 0 Å². The van der Waals surface area contributed by atoms with Gasteiger partial charge >= 0.3 is 0 Å². The van der Waals surface area contributed by atoms with Crippen molar-refractivity contribution in [3.05, 3.63) is 54.1 Å². The van der Waals surface area contributed by atoms with E-state index in [1.165, 1.54) is 37.8 Å². The van der Waals surface area contributed by atoms with Crippen molar-refractivity contribution < 1.29 is 4.74 Å². The SMILES string of the molecule is S=C1N[C@H](c2ccccn2)[C@H](c2cccn2C2CCCCC2)N1CCN1CCOCC1. The van der Waals surface area contributed by atoms with Gasteiger partial charge in [-0.3, -0.25) is 9.88 Å². The van der Waals surface area contributed by atoms with Crippen molar-refractivity contribution in [1.82, 2.24) is 24.7 Å². The molecule has 0 spiro atoms. The van der Waals surface area contributed by atoms with Crippen LogP contribution in [0.2, 0.25) is 0 Å². The Morgan fingerprint density at radius 3 is 2.65 bits per heavy atom. The molecule has 2 saturated heterocycles. The molecule has 1 saturated carbocycles. The Bertz CT molecular complexity index is 860. The van der Waals surface area contributed by atoms with Crippen LogP contribution in [0.15, 0.2) is 42.7 Å². The molecule has 166 valence electrons. The lowest BCUT2D eigenvalue weighted by atomic mass is 9.94. The van der Waals surface area contributed by atoms with E-state index < -0.39 is 0 Å². The zero-order chi connectivity index (χ0) is 21.0. The summed E-state index contributed by atoms with van der Waals surface area (Å²) in [6, 6.07) is 11.5. The summed E-state index contributed by atoms with van der Waals surface area (Å²) in [5.41, 5.74) is 2.41. The van der Waals surface area contributed by atoms with E-state index >= 15 is 0 Å². The molecule has 0 unspecified atom stereocenters. The summed E-state index contributed by atoms with van der Waals surface area (Å²) < 4.78 is 8.06. The number of aromatic nitrogens is 2. The van der Waals surface area contributed by atoms with Crippen molar-refractivity contribution >= 4 is 17.3 Å². The summed E-state index contributed by atoms with van der Waals surface area (Å²) in [6.07, 6.45) is 10.7. The first kappa shape index (κ1) is 20.9. The van der Waals surface area contributed by atoms with E-state index in [1.54, 1.807) is 0 Å². The fourth-order valence-corrected chi connectivity index (χ4v) is 5.72. The second-order valence-corrected chi connectivity index (χ2v) is 9.29. The van der Waals surface area contributed by atoms with Gasteiger partial charge in [0.2, 0.25) is 0 Å². The Morgan fingerprint density at radius 2 is 1.87 bits per heavy atom. The number of thiocarbonyl (C=S) groups is 1. The van der Waals surface area contributed by atoms with Crippen LogP contribution in [0.3, 0.4) is 0 Å². The minimum atomic E-state index is 0.0654. The van der Waals surface area contributed by atoms with Gasteiger partial charge < -0.3 is 19.5 Å². The molecule has 1 aliphatic carbocycles. The lowest BCUT2D eigenvalue weighted by molar-refractivity contribution is 0.0349. The third-order valence-corrected chi connectivity index (χ3v) is 7.39. The topological polar surface area (TPSA) is 45.6 Å². The lowest BCUT2D eigenvalue weighted by Crippen LogP contribution is -2.43. The molecule has 6 nitrogen and oxygen atoms in total. The molecule has 2 aromatic rings. The molecule has 0 bridgehead atoms. The number of morpholine rings is 1. The van der Waals surface area contributed by atoms with E-state index in [0.717, 1.165) is 50.2 Å². The molecular formula is C24H33N5OS. The molecule has 3 aliphatic rings. The van der Waals surface area contributed by atoms with E-state index in [0.29, 0.717) is 6.04 Å². The van der Waals surface area contributed by atoms with E-state index in [2.05, 4.69) is 50.1 Å². The van der Waals surface area contributed by atoms with Gasteiger partial charge in [0.05, 0.1) is 31.0 Å². The predicted molar refractivity (Wildman–Crippen MR) is 126 cm³/mol. The number of ether oxygens (including phenoxy) is 1. The quantitative estimate of drug-likeness (QED) is 0.693. The third kappa shape index (κ3) is 4.49. The third-order valence-electron chi connectivity index (χ3n) is 7.04. The van der Waals surface area contributed by atoms with Crippen molar-refractivity contribution in [1.29, 1.82) is 0 Å². The Labute approximate surface area is 190 Å². The summed E-state index contributed by atoms with van der Waals surface area (Å²) in [7, 11) is 0. The molecule has 3 fully saturated rings. The van der Waals surface area contributed by atoms with Crippen LogP contribution in [0.1, 0.15) is 61.6 Å². The Hall–Kier alpha value is -1.96. The highest BCUT2D eigenvalue weighted by atomic mass is 32.1. The Kier molecular flexibility index (Phi) is 6.53. The van der Waals surface area contributed by atoms with Gasteiger partial charge in [0.1, 0.15) is 0 Å².